The Kier molecular flexibility index (Phi) is 4.74. The molecule has 0 aliphatic rings. The Hall–Kier alpha value is -1.09. The van der Waals surface area contributed by atoms with Crippen molar-refractivity contribution in [3.05, 3.63) is 24.0 Å². The summed E-state index contributed by atoms with van der Waals surface area (Å²) in [6, 6.07) is 2.27. The van der Waals surface area contributed by atoms with E-state index in [2.05, 4.69) is 18.0 Å². The van der Waals surface area contributed by atoms with Crippen LogP contribution >= 0.6 is 0 Å². The minimum absolute atomic E-state index is 0.181. The predicted molar refractivity (Wildman–Crippen MR) is 66.7 cm³/mol. The lowest BCUT2D eigenvalue weighted by atomic mass is 9.96. The molecule has 0 radical (unpaired) electrons. The maximum Gasteiger partial charge on any atom is 0.138 e. The van der Waals surface area contributed by atoms with E-state index in [0.29, 0.717) is 5.92 Å². The van der Waals surface area contributed by atoms with Gasteiger partial charge in [-0.2, -0.15) is 0 Å². The van der Waals surface area contributed by atoms with Gasteiger partial charge in [-0.3, -0.25) is 4.98 Å². The summed E-state index contributed by atoms with van der Waals surface area (Å²) < 4.78 is 5.62. The molecule has 16 heavy (non-hydrogen) atoms. The lowest BCUT2D eigenvalue weighted by Crippen LogP contribution is -2.17. The number of nitrogens with two attached hydrogens (primary N) is 1. The third-order valence-corrected chi connectivity index (χ3v) is 2.40. The van der Waals surface area contributed by atoms with Gasteiger partial charge in [-0.15, -0.1) is 0 Å². The number of hydrogen-bond donors (Lipinski definition) is 1. The van der Waals surface area contributed by atoms with Gasteiger partial charge in [0.15, 0.2) is 0 Å². The Morgan fingerprint density at radius 1 is 1.25 bits per heavy atom. The molecule has 0 saturated carbocycles. The first kappa shape index (κ1) is 13.0. The second-order valence-corrected chi connectivity index (χ2v) is 4.73. The van der Waals surface area contributed by atoms with Gasteiger partial charge in [0.25, 0.3) is 0 Å². The number of hydrogen-bond acceptors (Lipinski definition) is 3. The molecule has 0 aliphatic carbocycles. The number of rotatable bonds is 5. The fourth-order valence-electron chi connectivity index (χ4n) is 1.74. The lowest BCUT2D eigenvalue weighted by Gasteiger charge is -2.16. The van der Waals surface area contributed by atoms with Gasteiger partial charge in [-0.25, -0.2) is 0 Å². The molecule has 2 atom stereocenters. The Morgan fingerprint density at radius 3 is 2.50 bits per heavy atom. The van der Waals surface area contributed by atoms with Crippen LogP contribution in [0, 0.1) is 0 Å². The molecule has 2 unspecified atom stereocenters. The van der Waals surface area contributed by atoms with Crippen LogP contribution < -0.4 is 10.5 Å². The van der Waals surface area contributed by atoms with Gasteiger partial charge >= 0.3 is 0 Å². The lowest BCUT2D eigenvalue weighted by molar-refractivity contribution is 0.241. The summed E-state index contributed by atoms with van der Waals surface area (Å²) in [6.45, 7) is 8.22. The molecular weight excluding hydrogens is 200 g/mol. The van der Waals surface area contributed by atoms with Crippen LogP contribution in [0.15, 0.2) is 18.5 Å². The summed E-state index contributed by atoms with van der Waals surface area (Å²) in [5, 5.41) is 0. The van der Waals surface area contributed by atoms with E-state index >= 15 is 0 Å². The molecule has 3 nitrogen and oxygen atoms in total. The van der Waals surface area contributed by atoms with Gasteiger partial charge in [0.1, 0.15) is 5.75 Å². The highest BCUT2D eigenvalue weighted by Gasteiger charge is 2.09. The number of aromatic nitrogens is 1. The normalized spacial score (nSPS) is 14.9. The van der Waals surface area contributed by atoms with Crippen LogP contribution in [0.1, 0.15) is 45.6 Å². The zero-order valence-electron chi connectivity index (χ0n) is 10.6. The smallest absolute Gasteiger partial charge is 0.138 e. The maximum atomic E-state index is 5.80. The van der Waals surface area contributed by atoms with Gasteiger partial charge in [0, 0.05) is 12.2 Å². The summed E-state index contributed by atoms with van der Waals surface area (Å²) in [4.78, 5) is 4.20. The minimum atomic E-state index is 0.181. The highest BCUT2D eigenvalue weighted by molar-refractivity contribution is 5.26. The summed E-state index contributed by atoms with van der Waals surface area (Å²) in [6.07, 6.45) is 4.79. The monoisotopic (exact) mass is 222 g/mol. The molecule has 1 rings (SSSR count). The SMILES string of the molecule is CC(N)CC(C)c1cncc(OC(C)C)c1. The van der Waals surface area contributed by atoms with Crippen molar-refractivity contribution < 1.29 is 4.74 Å². The van der Waals surface area contributed by atoms with Gasteiger partial charge < -0.3 is 10.5 Å². The first-order valence-corrected chi connectivity index (χ1v) is 5.86. The van der Waals surface area contributed by atoms with E-state index in [4.69, 9.17) is 10.5 Å². The Labute approximate surface area is 98.0 Å². The quantitative estimate of drug-likeness (QED) is 0.833. The van der Waals surface area contributed by atoms with Crippen molar-refractivity contribution in [2.45, 2.75) is 52.2 Å². The molecule has 1 aromatic rings. The summed E-state index contributed by atoms with van der Waals surface area (Å²) in [7, 11) is 0. The molecule has 0 aliphatic heterocycles. The van der Waals surface area contributed by atoms with Crippen LogP contribution in [-0.4, -0.2) is 17.1 Å². The highest BCUT2D eigenvalue weighted by Crippen LogP contribution is 2.23. The molecule has 0 aromatic carbocycles. The molecule has 2 N–H and O–H groups in total. The largest absolute Gasteiger partial charge is 0.489 e. The van der Waals surface area contributed by atoms with Crippen molar-refractivity contribution in [1.82, 2.24) is 4.98 Å². The standard InChI is InChI=1S/C13H22N2O/c1-9(2)16-13-6-12(7-15-8-13)10(3)5-11(4)14/h6-11H,5,14H2,1-4H3. The molecule has 0 bridgehead atoms. The minimum Gasteiger partial charge on any atom is -0.489 e. The topological polar surface area (TPSA) is 48.1 Å². The van der Waals surface area contributed by atoms with Gasteiger partial charge in [0.05, 0.1) is 12.3 Å². The van der Waals surface area contributed by atoms with E-state index in [1.165, 1.54) is 5.56 Å². The predicted octanol–water partition coefficient (Wildman–Crippen LogP) is 2.71. The molecule has 0 saturated heterocycles. The second-order valence-electron chi connectivity index (χ2n) is 4.73. The van der Waals surface area contributed by atoms with Crippen LogP contribution in [0.4, 0.5) is 0 Å². The highest BCUT2D eigenvalue weighted by atomic mass is 16.5. The van der Waals surface area contributed by atoms with E-state index in [1.54, 1.807) is 6.20 Å². The average molecular weight is 222 g/mol. The average Bonchev–Trinajstić information content (AvgIpc) is 2.16. The fourth-order valence-corrected chi connectivity index (χ4v) is 1.74. The molecule has 1 heterocycles. The van der Waals surface area contributed by atoms with Gasteiger partial charge in [-0.05, 0) is 44.7 Å². The zero-order valence-corrected chi connectivity index (χ0v) is 10.6. The van der Waals surface area contributed by atoms with Crippen molar-refractivity contribution in [2.75, 3.05) is 0 Å². The third-order valence-electron chi connectivity index (χ3n) is 2.40. The number of pyridine rings is 1. The van der Waals surface area contributed by atoms with Gasteiger partial charge in [-0.1, -0.05) is 6.92 Å². The third kappa shape index (κ3) is 4.19. The van der Waals surface area contributed by atoms with Crippen molar-refractivity contribution in [3.8, 4) is 5.75 Å². The van der Waals surface area contributed by atoms with E-state index in [0.717, 1.165) is 12.2 Å². The summed E-state index contributed by atoms with van der Waals surface area (Å²) in [5.41, 5.74) is 6.99. The molecule has 90 valence electrons. The fraction of sp³-hybridized carbons (Fsp3) is 0.615. The zero-order chi connectivity index (χ0) is 12.1. The van der Waals surface area contributed by atoms with Gasteiger partial charge in [0.2, 0.25) is 0 Å². The van der Waals surface area contributed by atoms with Crippen LogP contribution in [0.5, 0.6) is 5.75 Å². The molecule has 1 aromatic heterocycles. The van der Waals surface area contributed by atoms with Crippen LogP contribution in [0.25, 0.3) is 0 Å². The first-order valence-electron chi connectivity index (χ1n) is 5.86. The summed E-state index contributed by atoms with van der Waals surface area (Å²) >= 11 is 0. The molecular formula is C13H22N2O. The maximum absolute atomic E-state index is 5.80. The van der Waals surface area contributed by atoms with E-state index in [-0.39, 0.29) is 12.1 Å². The van der Waals surface area contributed by atoms with Crippen LogP contribution in [0.2, 0.25) is 0 Å². The van der Waals surface area contributed by atoms with Crippen LogP contribution in [0.3, 0.4) is 0 Å². The van der Waals surface area contributed by atoms with E-state index in [1.807, 2.05) is 27.0 Å². The Balaban J connectivity index is 2.73. The van der Waals surface area contributed by atoms with Crippen LogP contribution in [-0.2, 0) is 0 Å². The van der Waals surface area contributed by atoms with Crippen molar-refractivity contribution >= 4 is 0 Å². The van der Waals surface area contributed by atoms with E-state index < -0.39 is 0 Å². The van der Waals surface area contributed by atoms with E-state index in [9.17, 15) is 0 Å². The van der Waals surface area contributed by atoms with Crippen molar-refractivity contribution in [3.63, 3.8) is 0 Å². The van der Waals surface area contributed by atoms with Crippen molar-refractivity contribution in [2.24, 2.45) is 5.73 Å². The summed E-state index contributed by atoms with van der Waals surface area (Å²) in [5.74, 6) is 1.26. The Bertz CT molecular complexity index is 323. The Morgan fingerprint density at radius 2 is 1.94 bits per heavy atom. The second kappa shape index (κ2) is 5.85. The molecule has 0 fully saturated rings. The molecule has 3 heteroatoms. The molecule has 0 amide bonds. The first-order chi connectivity index (χ1) is 7.49. The van der Waals surface area contributed by atoms with Crippen molar-refractivity contribution in [1.29, 1.82) is 0 Å². The number of nitrogens with zero attached hydrogens (tertiary/aromatic N) is 1. The molecule has 0 spiro atoms. The number of ether oxygens (including phenoxy) is 1.